The van der Waals surface area contributed by atoms with E-state index in [-0.39, 0.29) is 5.54 Å². The highest BCUT2D eigenvalue weighted by atomic mass is 15.0. The second kappa shape index (κ2) is 9.72. The van der Waals surface area contributed by atoms with Crippen molar-refractivity contribution in [3.8, 4) is 0 Å². The highest BCUT2D eigenvalue weighted by Crippen LogP contribution is 2.35. The number of unbranched alkanes of at least 4 members (excludes halogenated alkanes) is 1. The first-order chi connectivity index (χ1) is 15.7. The van der Waals surface area contributed by atoms with Gasteiger partial charge < -0.3 is 15.6 Å². The lowest BCUT2D eigenvalue weighted by Crippen LogP contribution is -2.53. The second-order valence-electron chi connectivity index (χ2n) is 9.87. The molecule has 170 valence electrons. The van der Waals surface area contributed by atoms with Crippen LogP contribution in [0, 0.1) is 0 Å². The van der Waals surface area contributed by atoms with Crippen molar-refractivity contribution in [3.05, 3.63) is 59.7 Å². The van der Waals surface area contributed by atoms with Crippen molar-refractivity contribution in [1.29, 1.82) is 0 Å². The summed E-state index contributed by atoms with van der Waals surface area (Å²) in [7, 11) is 0. The van der Waals surface area contributed by atoms with E-state index >= 15 is 0 Å². The van der Waals surface area contributed by atoms with E-state index in [0.29, 0.717) is 12.1 Å². The zero-order valence-corrected chi connectivity index (χ0v) is 19.4. The average molecular weight is 432 g/mol. The van der Waals surface area contributed by atoms with Crippen LogP contribution in [0.2, 0.25) is 0 Å². The van der Waals surface area contributed by atoms with Gasteiger partial charge in [-0.15, -0.1) is 0 Å². The van der Waals surface area contributed by atoms with Gasteiger partial charge in [-0.2, -0.15) is 0 Å². The highest BCUT2D eigenvalue weighted by Gasteiger charge is 2.37. The molecule has 1 aromatic carbocycles. The molecule has 0 radical (unpaired) electrons. The van der Waals surface area contributed by atoms with Gasteiger partial charge in [-0.1, -0.05) is 31.5 Å². The van der Waals surface area contributed by atoms with Crippen LogP contribution >= 0.6 is 0 Å². The van der Waals surface area contributed by atoms with Gasteiger partial charge in [0, 0.05) is 30.2 Å². The minimum absolute atomic E-state index is 0.143. The number of pyridine rings is 1. The summed E-state index contributed by atoms with van der Waals surface area (Å²) in [6.07, 6.45) is 13.8. The Morgan fingerprint density at radius 2 is 1.97 bits per heavy atom. The molecule has 1 unspecified atom stereocenters. The SMILES string of the molecule is CCCCNC1(Cc2nc3ccccc3[nH]2)CCC(NC2CCCc3cccnc32)CC1. The number of aromatic nitrogens is 3. The lowest BCUT2D eigenvalue weighted by atomic mass is 9.76. The normalized spacial score (nSPS) is 25.7. The number of hydrogen-bond donors (Lipinski definition) is 3. The van der Waals surface area contributed by atoms with Crippen LogP contribution in [-0.4, -0.2) is 33.1 Å². The smallest absolute Gasteiger partial charge is 0.109 e. The summed E-state index contributed by atoms with van der Waals surface area (Å²) in [5, 5.41) is 7.96. The molecule has 2 aliphatic rings. The summed E-state index contributed by atoms with van der Waals surface area (Å²) in [6.45, 7) is 3.36. The Kier molecular flexibility index (Phi) is 6.56. The average Bonchev–Trinajstić information content (AvgIpc) is 3.23. The van der Waals surface area contributed by atoms with Crippen LogP contribution in [0.1, 0.15) is 81.4 Å². The van der Waals surface area contributed by atoms with E-state index in [4.69, 9.17) is 9.97 Å². The fraction of sp³-hybridized carbons (Fsp3) is 0.556. The van der Waals surface area contributed by atoms with Gasteiger partial charge in [0.15, 0.2) is 0 Å². The molecule has 0 saturated heterocycles. The van der Waals surface area contributed by atoms with Crippen LogP contribution in [0.15, 0.2) is 42.6 Å². The number of benzene rings is 1. The number of imidazole rings is 1. The number of hydrogen-bond acceptors (Lipinski definition) is 4. The Labute approximate surface area is 191 Å². The number of nitrogens with one attached hydrogen (secondary N) is 3. The lowest BCUT2D eigenvalue weighted by molar-refractivity contribution is 0.186. The third-order valence-corrected chi connectivity index (χ3v) is 7.55. The molecule has 5 heteroatoms. The number of fused-ring (bicyclic) bond motifs is 2. The Hall–Kier alpha value is -2.24. The quantitative estimate of drug-likeness (QED) is 0.427. The maximum Gasteiger partial charge on any atom is 0.109 e. The molecule has 0 spiro atoms. The Bertz CT molecular complexity index is 985. The number of nitrogens with zero attached hydrogens (tertiary/aromatic N) is 2. The first kappa shape index (κ1) is 21.6. The number of H-pyrrole nitrogens is 1. The standard InChI is InChI=1S/C27H37N5/c1-2-3-18-29-27(19-25-31-22-10-4-5-11-23(22)32-25)15-13-21(14-16-27)30-24-12-6-8-20-9-7-17-28-26(20)24/h4-5,7,9-11,17,21,24,29-30H,2-3,6,8,12-16,18-19H2,1H3,(H,31,32). The van der Waals surface area contributed by atoms with Gasteiger partial charge in [0.2, 0.25) is 0 Å². The van der Waals surface area contributed by atoms with E-state index in [0.717, 1.165) is 29.8 Å². The van der Waals surface area contributed by atoms with Crippen molar-refractivity contribution >= 4 is 11.0 Å². The summed E-state index contributed by atoms with van der Waals surface area (Å²) < 4.78 is 0. The largest absolute Gasteiger partial charge is 0.342 e. The van der Waals surface area contributed by atoms with Gasteiger partial charge in [0.1, 0.15) is 5.82 Å². The summed E-state index contributed by atoms with van der Waals surface area (Å²) in [6, 6.07) is 13.7. The fourth-order valence-corrected chi connectivity index (χ4v) is 5.75. The highest BCUT2D eigenvalue weighted by molar-refractivity contribution is 5.74. The van der Waals surface area contributed by atoms with Crippen molar-refractivity contribution in [2.75, 3.05) is 6.54 Å². The van der Waals surface area contributed by atoms with Crippen molar-refractivity contribution in [1.82, 2.24) is 25.6 Å². The molecule has 2 aromatic heterocycles. The first-order valence-corrected chi connectivity index (χ1v) is 12.6. The van der Waals surface area contributed by atoms with Crippen LogP contribution in [-0.2, 0) is 12.8 Å². The molecule has 0 bridgehead atoms. The summed E-state index contributed by atoms with van der Waals surface area (Å²) >= 11 is 0. The Morgan fingerprint density at radius 1 is 1.09 bits per heavy atom. The van der Waals surface area contributed by atoms with Crippen molar-refractivity contribution in [3.63, 3.8) is 0 Å². The number of aryl methyl sites for hydroxylation is 1. The van der Waals surface area contributed by atoms with Gasteiger partial charge in [0.05, 0.1) is 16.7 Å². The topological polar surface area (TPSA) is 65.6 Å². The first-order valence-electron chi connectivity index (χ1n) is 12.6. The third kappa shape index (κ3) is 4.74. The molecule has 3 aromatic rings. The Balaban J connectivity index is 1.26. The third-order valence-electron chi connectivity index (χ3n) is 7.55. The van der Waals surface area contributed by atoms with Gasteiger partial charge in [-0.3, -0.25) is 4.98 Å². The van der Waals surface area contributed by atoms with E-state index < -0.39 is 0 Å². The Morgan fingerprint density at radius 3 is 2.81 bits per heavy atom. The maximum atomic E-state index is 4.90. The summed E-state index contributed by atoms with van der Waals surface area (Å²) in [5.41, 5.74) is 5.09. The molecular formula is C27H37N5. The van der Waals surface area contributed by atoms with E-state index in [1.165, 1.54) is 69.0 Å². The zero-order chi connectivity index (χ0) is 21.8. The molecule has 2 aliphatic carbocycles. The van der Waals surface area contributed by atoms with Gasteiger partial charge in [0.25, 0.3) is 0 Å². The number of aromatic amines is 1. The second-order valence-corrected chi connectivity index (χ2v) is 9.87. The molecule has 3 N–H and O–H groups in total. The molecule has 2 heterocycles. The summed E-state index contributed by atoms with van der Waals surface area (Å²) in [4.78, 5) is 13.2. The predicted octanol–water partition coefficient (Wildman–Crippen LogP) is 5.24. The van der Waals surface area contributed by atoms with Crippen LogP contribution in [0.25, 0.3) is 11.0 Å². The van der Waals surface area contributed by atoms with Crippen LogP contribution in [0.4, 0.5) is 0 Å². The lowest BCUT2D eigenvalue weighted by Gasteiger charge is -2.42. The van der Waals surface area contributed by atoms with E-state index in [1.54, 1.807) is 0 Å². The molecule has 32 heavy (non-hydrogen) atoms. The molecule has 0 amide bonds. The number of para-hydroxylation sites is 2. The van der Waals surface area contributed by atoms with Gasteiger partial charge in [-0.25, -0.2) is 4.98 Å². The molecule has 0 aliphatic heterocycles. The molecule has 5 nitrogen and oxygen atoms in total. The van der Waals surface area contributed by atoms with Gasteiger partial charge in [-0.05, 0) is 81.7 Å². The monoisotopic (exact) mass is 431 g/mol. The molecular weight excluding hydrogens is 394 g/mol. The van der Waals surface area contributed by atoms with Crippen molar-refractivity contribution in [2.45, 2.75) is 88.8 Å². The zero-order valence-electron chi connectivity index (χ0n) is 19.4. The van der Waals surface area contributed by atoms with Crippen molar-refractivity contribution in [2.24, 2.45) is 0 Å². The van der Waals surface area contributed by atoms with Crippen LogP contribution < -0.4 is 10.6 Å². The fourth-order valence-electron chi connectivity index (χ4n) is 5.75. The van der Waals surface area contributed by atoms with Gasteiger partial charge >= 0.3 is 0 Å². The summed E-state index contributed by atoms with van der Waals surface area (Å²) in [5.74, 6) is 1.12. The van der Waals surface area contributed by atoms with Crippen LogP contribution in [0.3, 0.4) is 0 Å². The minimum Gasteiger partial charge on any atom is -0.342 e. The number of rotatable bonds is 8. The van der Waals surface area contributed by atoms with Crippen LogP contribution in [0.5, 0.6) is 0 Å². The molecule has 1 fully saturated rings. The van der Waals surface area contributed by atoms with E-state index in [2.05, 4.69) is 58.9 Å². The van der Waals surface area contributed by atoms with Crippen molar-refractivity contribution < 1.29 is 0 Å². The maximum absolute atomic E-state index is 4.90. The molecule has 1 saturated carbocycles. The predicted molar refractivity (Wildman–Crippen MR) is 131 cm³/mol. The minimum atomic E-state index is 0.143. The van der Waals surface area contributed by atoms with E-state index in [9.17, 15) is 0 Å². The molecule has 1 atom stereocenters. The van der Waals surface area contributed by atoms with E-state index in [1.807, 2.05) is 6.20 Å². The molecule has 5 rings (SSSR count).